The van der Waals surface area contributed by atoms with Crippen molar-refractivity contribution in [2.75, 3.05) is 24.8 Å². The molecule has 0 aliphatic rings. The largest absolute Gasteiger partial charge is 0.377 e. The van der Waals surface area contributed by atoms with E-state index in [2.05, 4.69) is 34.4 Å². The van der Waals surface area contributed by atoms with Crippen molar-refractivity contribution in [3.05, 3.63) is 11.9 Å². The number of hydrogen-bond donors (Lipinski definition) is 2. The normalized spacial score (nSPS) is 12.2. The van der Waals surface area contributed by atoms with Crippen molar-refractivity contribution in [3.63, 3.8) is 0 Å². The second kappa shape index (κ2) is 6.27. The fourth-order valence-electron chi connectivity index (χ4n) is 1.25. The molecule has 0 fully saturated rings. The van der Waals surface area contributed by atoms with Gasteiger partial charge in [0.05, 0.1) is 0 Å². The third-order valence-electron chi connectivity index (χ3n) is 2.31. The minimum atomic E-state index is 0.398. The number of anilines is 2. The third-order valence-corrected chi connectivity index (χ3v) is 2.31. The summed E-state index contributed by atoms with van der Waals surface area (Å²) in [7, 11) is 3.48. The summed E-state index contributed by atoms with van der Waals surface area (Å²) >= 11 is 0. The molecule has 0 saturated carbocycles. The molecule has 0 radical (unpaired) electrons. The molecule has 90 valence electrons. The van der Waals surface area contributed by atoms with E-state index >= 15 is 0 Å². The Kier molecular flexibility index (Phi) is 4.98. The van der Waals surface area contributed by atoms with Gasteiger partial charge in [0.2, 0.25) is 0 Å². The monoisotopic (exact) mass is 224 g/mol. The Bertz CT molecular complexity index is 330. The molecular weight excluding hydrogens is 204 g/mol. The Labute approximate surface area is 96.6 Å². The molecule has 0 aliphatic carbocycles. The van der Waals surface area contributed by atoms with Crippen molar-refractivity contribution < 1.29 is 4.74 Å². The van der Waals surface area contributed by atoms with E-state index in [9.17, 15) is 0 Å². The molecule has 5 nitrogen and oxygen atoms in total. The second-order valence-corrected chi connectivity index (χ2v) is 3.69. The van der Waals surface area contributed by atoms with Gasteiger partial charge in [-0.25, -0.2) is 9.97 Å². The lowest BCUT2D eigenvalue weighted by atomic mass is 10.2. The Hall–Kier alpha value is -1.36. The number of rotatable bonds is 6. The fourth-order valence-corrected chi connectivity index (χ4v) is 1.25. The summed E-state index contributed by atoms with van der Waals surface area (Å²) in [6.07, 6.45) is 1.05. The van der Waals surface area contributed by atoms with Crippen LogP contribution in [0, 0.1) is 0 Å². The molecular formula is C11H20N4O. The number of aromatic nitrogens is 2. The standard InChI is InChI=1S/C11H20N4O/c1-5-8(2)13-10-6-9(12-3)14-11(15-10)7-16-4/h6,8H,5,7H2,1-4H3,(H2,12,13,14,15). The first-order chi connectivity index (χ1) is 7.69. The topological polar surface area (TPSA) is 59.1 Å². The van der Waals surface area contributed by atoms with Crippen molar-refractivity contribution in [2.45, 2.75) is 32.9 Å². The summed E-state index contributed by atoms with van der Waals surface area (Å²) < 4.78 is 5.03. The highest BCUT2D eigenvalue weighted by atomic mass is 16.5. The van der Waals surface area contributed by atoms with E-state index in [1.807, 2.05) is 13.1 Å². The van der Waals surface area contributed by atoms with Crippen LogP contribution < -0.4 is 10.6 Å². The first-order valence-electron chi connectivity index (χ1n) is 5.50. The van der Waals surface area contributed by atoms with Gasteiger partial charge in [0, 0.05) is 26.3 Å². The van der Waals surface area contributed by atoms with Crippen LogP contribution in [-0.2, 0) is 11.3 Å². The van der Waals surface area contributed by atoms with Crippen molar-refractivity contribution in [1.29, 1.82) is 0 Å². The van der Waals surface area contributed by atoms with Crippen molar-refractivity contribution >= 4 is 11.6 Å². The first-order valence-corrected chi connectivity index (χ1v) is 5.50. The number of nitrogens with one attached hydrogen (secondary N) is 2. The molecule has 0 bridgehead atoms. The molecule has 0 saturated heterocycles. The van der Waals surface area contributed by atoms with Gasteiger partial charge in [-0.3, -0.25) is 0 Å². The van der Waals surface area contributed by atoms with Crippen LogP contribution >= 0.6 is 0 Å². The molecule has 1 aromatic rings. The van der Waals surface area contributed by atoms with Gasteiger partial charge in [0.25, 0.3) is 0 Å². The molecule has 0 amide bonds. The Balaban J connectivity index is 2.85. The van der Waals surface area contributed by atoms with E-state index in [-0.39, 0.29) is 0 Å². The summed E-state index contributed by atoms with van der Waals surface area (Å²) in [5.74, 6) is 2.31. The summed E-state index contributed by atoms with van der Waals surface area (Å²) in [5, 5.41) is 6.33. The smallest absolute Gasteiger partial charge is 0.158 e. The minimum absolute atomic E-state index is 0.398. The Morgan fingerprint density at radius 3 is 2.62 bits per heavy atom. The van der Waals surface area contributed by atoms with Crippen LogP contribution in [0.15, 0.2) is 6.07 Å². The molecule has 0 aromatic carbocycles. The van der Waals surface area contributed by atoms with Crippen LogP contribution in [-0.4, -0.2) is 30.2 Å². The average molecular weight is 224 g/mol. The molecule has 0 aliphatic heterocycles. The number of methoxy groups -OCH3 is 1. The SMILES string of the molecule is CCC(C)Nc1cc(NC)nc(COC)n1. The van der Waals surface area contributed by atoms with Crippen LogP contribution in [0.3, 0.4) is 0 Å². The van der Waals surface area contributed by atoms with E-state index in [0.717, 1.165) is 18.1 Å². The van der Waals surface area contributed by atoms with Crippen molar-refractivity contribution in [3.8, 4) is 0 Å². The fraction of sp³-hybridized carbons (Fsp3) is 0.636. The lowest BCUT2D eigenvalue weighted by Gasteiger charge is -2.13. The van der Waals surface area contributed by atoms with E-state index in [0.29, 0.717) is 18.5 Å². The van der Waals surface area contributed by atoms with Crippen LogP contribution in [0.4, 0.5) is 11.6 Å². The average Bonchev–Trinajstić information content (AvgIpc) is 2.29. The maximum absolute atomic E-state index is 5.03. The molecule has 2 N–H and O–H groups in total. The first kappa shape index (κ1) is 12.7. The van der Waals surface area contributed by atoms with Gasteiger partial charge in [-0.15, -0.1) is 0 Å². The molecule has 0 spiro atoms. The Morgan fingerprint density at radius 1 is 1.38 bits per heavy atom. The lowest BCUT2D eigenvalue weighted by Crippen LogP contribution is -2.16. The van der Waals surface area contributed by atoms with Gasteiger partial charge in [-0.2, -0.15) is 0 Å². The van der Waals surface area contributed by atoms with E-state index in [1.54, 1.807) is 7.11 Å². The zero-order chi connectivity index (χ0) is 12.0. The number of ether oxygens (including phenoxy) is 1. The molecule has 1 heterocycles. The predicted octanol–water partition coefficient (Wildman–Crippen LogP) is 1.88. The number of hydrogen-bond acceptors (Lipinski definition) is 5. The highest BCUT2D eigenvalue weighted by molar-refractivity contribution is 5.47. The summed E-state index contributed by atoms with van der Waals surface area (Å²) in [6, 6.07) is 2.29. The summed E-state index contributed by atoms with van der Waals surface area (Å²) in [6.45, 7) is 4.68. The van der Waals surface area contributed by atoms with E-state index < -0.39 is 0 Å². The van der Waals surface area contributed by atoms with Crippen molar-refractivity contribution in [2.24, 2.45) is 0 Å². The molecule has 1 unspecified atom stereocenters. The van der Waals surface area contributed by atoms with Crippen LogP contribution in [0.2, 0.25) is 0 Å². The zero-order valence-electron chi connectivity index (χ0n) is 10.4. The van der Waals surface area contributed by atoms with E-state index in [4.69, 9.17) is 4.74 Å². The zero-order valence-corrected chi connectivity index (χ0v) is 10.4. The summed E-state index contributed by atoms with van der Waals surface area (Å²) in [5.41, 5.74) is 0. The maximum Gasteiger partial charge on any atom is 0.158 e. The molecule has 1 atom stereocenters. The second-order valence-electron chi connectivity index (χ2n) is 3.69. The van der Waals surface area contributed by atoms with Crippen LogP contribution in [0.25, 0.3) is 0 Å². The van der Waals surface area contributed by atoms with Gasteiger partial charge >= 0.3 is 0 Å². The lowest BCUT2D eigenvalue weighted by molar-refractivity contribution is 0.178. The highest BCUT2D eigenvalue weighted by Gasteiger charge is 2.05. The highest BCUT2D eigenvalue weighted by Crippen LogP contribution is 2.13. The molecule has 1 aromatic heterocycles. The number of nitrogens with zero attached hydrogens (tertiary/aromatic N) is 2. The van der Waals surface area contributed by atoms with Gasteiger partial charge in [-0.1, -0.05) is 6.92 Å². The molecule has 16 heavy (non-hydrogen) atoms. The van der Waals surface area contributed by atoms with Gasteiger partial charge in [0.1, 0.15) is 18.2 Å². The van der Waals surface area contributed by atoms with Crippen LogP contribution in [0.5, 0.6) is 0 Å². The van der Waals surface area contributed by atoms with Gasteiger partial charge in [0.15, 0.2) is 5.82 Å². The van der Waals surface area contributed by atoms with Gasteiger partial charge in [-0.05, 0) is 13.3 Å². The summed E-state index contributed by atoms with van der Waals surface area (Å²) in [4.78, 5) is 8.66. The van der Waals surface area contributed by atoms with Crippen LogP contribution in [0.1, 0.15) is 26.1 Å². The quantitative estimate of drug-likeness (QED) is 0.772. The minimum Gasteiger partial charge on any atom is -0.377 e. The van der Waals surface area contributed by atoms with E-state index in [1.165, 1.54) is 0 Å². The third kappa shape index (κ3) is 3.66. The maximum atomic E-state index is 5.03. The predicted molar refractivity (Wildman–Crippen MR) is 65.7 cm³/mol. The van der Waals surface area contributed by atoms with Crippen molar-refractivity contribution in [1.82, 2.24) is 9.97 Å². The molecule has 1 rings (SSSR count). The Morgan fingerprint density at radius 2 is 2.06 bits per heavy atom. The van der Waals surface area contributed by atoms with Gasteiger partial charge < -0.3 is 15.4 Å². The molecule has 5 heteroatoms.